The number of hydrogen-bond acceptors (Lipinski definition) is 6. The first-order valence-electron chi connectivity index (χ1n) is 6.30. The Morgan fingerprint density at radius 1 is 1.55 bits per heavy atom. The molecule has 120 valence electrons. The highest BCUT2D eigenvalue weighted by molar-refractivity contribution is 9.10. The number of hydrogen-bond donors (Lipinski definition) is 2. The summed E-state index contributed by atoms with van der Waals surface area (Å²) < 4.78 is 32.9. The Kier molecular flexibility index (Phi) is 5.37. The molecule has 2 heterocycles. The fourth-order valence-corrected chi connectivity index (χ4v) is 4.39. The van der Waals surface area contributed by atoms with Gasteiger partial charge in [0.2, 0.25) is 5.03 Å². The first-order chi connectivity index (χ1) is 10.4. The van der Waals surface area contributed by atoms with Gasteiger partial charge in [-0.25, -0.2) is 17.9 Å². The Hall–Kier alpha value is -1.23. The lowest BCUT2D eigenvalue weighted by Gasteiger charge is -2.06. The Balaban J connectivity index is 2.26. The number of ether oxygens (including phenoxy) is 1. The number of carbonyl (C=O) groups excluding carboxylic acids is 1. The molecule has 0 unspecified atom stereocenters. The molecule has 0 radical (unpaired) electrons. The zero-order chi connectivity index (χ0) is 16.3. The van der Waals surface area contributed by atoms with Crippen LogP contribution in [0.15, 0.2) is 20.9 Å². The van der Waals surface area contributed by atoms with Crippen molar-refractivity contribution in [2.75, 3.05) is 6.61 Å². The number of aryl methyl sites for hydroxylation is 1. The van der Waals surface area contributed by atoms with Gasteiger partial charge in [0.15, 0.2) is 0 Å². The monoisotopic (exact) mass is 407 g/mol. The standard InChI is InChI=1S/C12H14BrN3O4S2/c1-3-20-12(17)10-7(2)15-16-11(10)22(18,19)14-6-9-8(13)4-5-21-9/h4-5,14H,3,6H2,1-2H3,(H,15,16). The van der Waals surface area contributed by atoms with E-state index < -0.39 is 16.0 Å². The Bertz CT molecular complexity index is 782. The predicted molar refractivity (Wildman–Crippen MR) is 85.3 cm³/mol. The lowest BCUT2D eigenvalue weighted by molar-refractivity contribution is 0.0521. The van der Waals surface area contributed by atoms with E-state index in [1.165, 1.54) is 11.3 Å². The molecule has 0 aliphatic rings. The van der Waals surface area contributed by atoms with Gasteiger partial charge in [0.25, 0.3) is 10.0 Å². The van der Waals surface area contributed by atoms with E-state index in [-0.39, 0.29) is 23.7 Å². The van der Waals surface area contributed by atoms with E-state index in [2.05, 4.69) is 30.8 Å². The van der Waals surface area contributed by atoms with Gasteiger partial charge in [-0.1, -0.05) is 0 Å². The molecule has 0 atom stereocenters. The summed E-state index contributed by atoms with van der Waals surface area (Å²) in [7, 11) is -3.93. The third-order valence-corrected chi connectivity index (χ3v) is 6.02. The fourth-order valence-electron chi connectivity index (χ4n) is 1.73. The van der Waals surface area contributed by atoms with Gasteiger partial charge in [-0.2, -0.15) is 5.10 Å². The second-order valence-corrected chi connectivity index (χ2v) is 7.80. The van der Waals surface area contributed by atoms with Gasteiger partial charge in [0.1, 0.15) is 5.56 Å². The lowest BCUT2D eigenvalue weighted by atomic mass is 10.3. The minimum atomic E-state index is -3.93. The van der Waals surface area contributed by atoms with E-state index in [0.717, 1.165) is 9.35 Å². The van der Waals surface area contributed by atoms with Crippen LogP contribution in [0.3, 0.4) is 0 Å². The van der Waals surface area contributed by atoms with Crippen LogP contribution in [0.5, 0.6) is 0 Å². The van der Waals surface area contributed by atoms with Crippen LogP contribution >= 0.6 is 27.3 Å². The van der Waals surface area contributed by atoms with Crippen LogP contribution in [0.25, 0.3) is 0 Å². The van der Waals surface area contributed by atoms with Crippen LogP contribution in [0.2, 0.25) is 0 Å². The minimum Gasteiger partial charge on any atom is -0.462 e. The maximum Gasteiger partial charge on any atom is 0.343 e. The molecule has 7 nitrogen and oxygen atoms in total. The van der Waals surface area contributed by atoms with Crippen molar-refractivity contribution in [3.05, 3.63) is 32.1 Å². The van der Waals surface area contributed by atoms with E-state index >= 15 is 0 Å². The van der Waals surface area contributed by atoms with E-state index in [9.17, 15) is 13.2 Å². The SMILES string of the molecule is CCOC(=O)c1c(S(=O)(=O)NCc2sccc2Br)n[nH]c1C. The average molecular weight is 408 g/mol. The number of nitrogens with zero attached hydrogens (tertiary/aromatic N) is 1. The number of aromatic nitrogens is 2. The third kappa shape index (κ3) is 3.57. The Morgan fingerprint density at radius 3 is 2.86 bits per heavy atom. The largest absolute Gasteiger partial charge is 0.462 e. The minimum absolute atomic E-state index is 0.0698. The van der Waals surface area contributed by atoms with Crippen LogP contribution in [-0.2, 0) is 21.3 Å². The van der Waals surface area contributed by atoms with Crippen molar-refractivity contribution < 1.29 is 17.9 Å². The normalized spacial score (nSPS) is 11.6. The van der Waals surface area contributed by atoms with Crippen LogP contribution in [-0.4, -0.2) is 31.2 Å². The number of rotatable bonds is 6. The van der Waals surface area contributed by atoms with Gasteiger partial charge < -0.3 is 4.74 Å². The first-order valence-corrected chi connectivity index (χ1v) is 9.46. The van der Waals surface area contributed by atoms with Crippen LogP contribution in [0, 0.1) is 6.92 Å². The molecular formula is C12H14BrN3O4S2. The molecule has 0 aliphatic heterocycles. The number of aromatic amines is 1. The molecule has 0 aromatic carbocycles. The van der Waals surface area contributed by atoms with Crippen molar-refractivity contribution in [3.8, 4) is 0 Å². The number of thiophene rings is 1. The van der Waals surface area contributed by atoms with Crippen molar-refractivity contribution in [2.45, 2.75) is 25.4 Å². The second-order valence-electron chi connectivity index (χ2n) is 4.27. The second kappa shape index (κ2) is 6.90. The third-order valence-electron chi connectivity index (χ3n) is 2.76. The van der Waals surface area contributed by atoms with Crippen molar-refractivity contribution in [1.82, 2.24) is 14.9 Å². The quantitative estimate of drug-likeness (QED) is 0.714. The fraction of sp³-hybridized carbons (Fsp3) is 0.333. The van der Waals surface area contributed by atoms with Gasteiger partial charge in [0, 0.05) is 21.6 Å². The van der Waals surface area contributed by atoms with Gasteiger partial charge in [-0.05, 0) is 41.2 Å². The predicted octanol–water partition coefficient (Wildman–Crippen LogP) is 2.20. The number of carbonyl (C=O) groups is 1. The molecule has 0 amide bonds. The molecule has 0 bridgehead atoms. The van der Waals surface area contributed by atoms with Crippen LogP contribution in [0.1, 0.15) is 27.9 Å². The van der Waals surface area contributed by atoms with Crippen LogP contribution < -0.4 is 4.72 Å². The lowest BCUT2D eigenvalue weighted by Crippen LogP contribution is -2.25. The molecule has 2 aromatic rings. The molecule has 2 N–H and O–H groups in total. The number of nitrogens with one attached hydrogen (secondary N) is 2. The summed E-state index contributed by atoms with van der Waals surface area (Å²) in [5.74, 6) is -0.716. The number of H-pyrrole nitrogens is 1. The molecule has 0 aliphatic carbocycles. The zero-order valence-corrected chi connectivity index (χ0v) is 15.1. The van der Waals surface area contributed by atoms with E-state index in [1.807, 2.05) is 11.4 Å². The van der Waals surface area contributed by atoms with Gasteiger partial charge >= 0.3 is 5.97 Å². The van der Waals surface area contributed by atoms with Crippen molar-refractivity contribution in [3.63, 3.8) is 0 Å². The maximum absolute atomic E-state index is 12.4. The summed E-state index contributed by atoms with van der Waals surface area (Å²) in [6.45, 7) is 3.47. The smallest absolute Gasteiger partial charge is 0.343 e. The zero-order valence-electron chi connectivity index (χ0n) is 11.8. The molecule has 0 saturated carbocycles. The highest BCUT2D eigenvalue weighted by Crippen LogP contribution is 2.23. The topological polar surface area (TPSA) is 101 Å². The molecule has 22 heavy (non-hydrogen) atoms. The Morgan fingerprint density at radius 2 is 2.27 bits per heavy atom. The summed E-state index contributed by atoms with van der Waals surface area (Å²) in [6, 6.07) is 1.83. The van der Waals surface area contributed by atoms with Gasteiger partial charge in [0.05, 0.1) is 6.61 Å². The van der Waals surface area contributed by atoms with Gasteiger partial charge in [-0.15, -0.1) is 11.3 Å². The molecule has 0 spiro atoms. The summed E-state index contributed by atoms with van der Waals surface area (Å²) in [4.78, 5) is 12.7. The molecule has 0 fully saturated rings. The maximum atomic E-state index is 12.4. The van der Waals surface area contributed by atoms with Crippen molar-refractivity contribution in [2.24, 2.45) is 0 Å². The number of sulfonamides is 1. The Labute approximate surface area is 140 Å². The average Bonchev–Trinajstić information content (AvgIpc) is 3.03. The summed E-state index contributed by atoms with van der Waals surface area (Å²) in [5.41, 5.74) is 0.274. The molecule has 2 rings (SSSR count). The van der Waals surface area contributed by atoms with Gasteiger partial charge in [-0.3, -0.25) is 5.10 Å². The summed E-state index contributed by atoms with van der Waals surface area (Å²) >= 11 is 4.75. The molecule has 2 aromatic heterocycles. The highest BCUT2D eigenvalue weighted by Gasteiger charge is 2.29. The molecule has 0 saturated heterocycles. The summed E-state index contributed by atoms with van der Waals surface area (Å²) in [6.07, 6.45) is 0. The first kappa shape index (κ1) is 17.1. The van der Waals surface area contributed by atoms with E-state index in [0.29, 0.717) is 5.69 Å². The van der Waals surface area contributed by atoms with Crippen LogP contribution in [0.4, 0.5) is 0 Å². The number of esters is 1. The number of halogens is 1. The van der Waals surface area contributed by atoms with Crippen molar-refractivity contribution in [1.29, 1.82) is 0 Å². The molecule has 10 heteroatoms. The highest BCUT2D eigenvalue weighted by atomic mass is 79.9. The summed E-state index contributed by atoms with van der Waals surface area (Å²) in [5, 5.41) is 7.73. The van der Waals surface area contributed by atoms with E-state index in [4.69, 9.17) is 4.74 Å². The van der Waals surface area contributed by atoms with Crippen molar-refractivity contribution >= 4 is 43.3 Å². The molecular weight excluding hydrogens is 394 g/mol. The van der Waals surface area contributed by atoms with E-state index in [1.54, 1.807) is 13.8 Å².